The van der Waals surface area contributed by atoms with Gasteiger partial charge in [0.2, 0.25) is 0 Å². The number of ether oxygens (including phenoxy) is 1. The molecule has 0 amide bonds. The van der Waals surface area contributed by atoms with Crippen molar-refractivity contribution in [2.45, 2.75) is 58.9 Å². The summed E-state index contributed by atoms with van der Waals surface area (Å²) in [5.74, 6) is 0.996. The molecule has 0 aromatic heterocycles. The van der Waals surface area contributed by atoms with Crippen molar-refractivity contribution in [3.05, 3.63) is 27.7 Å². The van der Waals surface area contributed by atoms with Crippen molar-refractivity contribution in [2.75, 3.05) is 13.7 Å². The van der Waals surface area contributed by atoms with Crippen LogP contribution in [0.15, 0.2) is 16.6 Å². The molecule has 20 heavy (non-hydrogen) atoms. The Kier molecular flexibility index (Phi) is 8.24. The van der Waals surface area contributed by atoms with Crippen LogP contribution in [0.1, 0.15) is 63.1 Å². The molecular weight excluding hydrogens is 314 g/mol. The van der Waals surface area contributed by atoms with Crippen LogP contribution in [0.4, 0.5) is 0 Å². The van der Waals surface area contributed by atoms with Crippen LogP contribution in [0.25, 0.3) is 0 Å². The van der Waals surface area contributed by atoms with Crippen LogP contribution in [0.5, 0.6) is 5.75 Å². The van der Waals surface area contributed by atoms with E-state index in [1.807, 2.05) is 0 Å². The fraction of sp³-hybridized carbons (Fsp3) is 0.647. The number of nitrogens with one attached hydrogen (secondary N) is 1. The van der Waals surface area contributed by atoms with Crippen LogP contribution in [-0.2, 0) is 0 Å². The highest BCUT2D eigenvalue weighted by molar-refractivity contribution is 9.10. The standard InChI is InChI=1S/C17H28BrNO/c1-5-7-8-9-16(19-10-6-2)14-12-15(18)13(3)11-17(14)20-4/h11-12,16,19H,5-10H2,1-4H3. The Balaban J connectivity index is 2.95. The zero-order chi connectivity index (χ0) is 15.0. The van der Waals surface area contributed by atoms with Crippen molar-refractivity contribution in [3.63, 3.8) is 0 Å². The van der Waals surface area contributed by atoms with E-state index >= 15 is 0 Å². The van der Waals surface area contributed by atoms with Crippen LogP contribution in [-0.4, -0.2) is 13.7 Å². The van der Waals surface area contributed by atoms with Crippen molar-refractivity contribution >= 4 is 15.9 Å². The predicted molar refractivity (Wildman–Crippen MR) is 90.6 cm³/mol. The minimum absolute atomic E-state index is 0.383. The van der Waals surface area contributed by atoms with E-state index in [2.05, 4.69) is 54.2 Å². The van der Waals surface area contributed by atoms with Gasteiger partial charge in [-0.2, -0.15) is 0 Å². The maximum Gasteiger partial charge on any atom is 0.123 e. The SMILES string of the molecule is CCCCCC(NCCC)c1cc(Br)c(C)cc1OC. The summed E-state index contributed by atoms with van der Waals surface area (Å²) in [4.78, 5) is 0. The summed E-state index contributed by atoms with van der Waals surface area (Å²) in [5, 5.41) is 3.67. The van der Waals surface area contributed by atoms with Crippen molar-refractivity contribution in [1.82, 2.24) is 5.32 Å². The average Bonchev–Trinajstić information content (AvgIpc) is 2.45. The van der Waals surface area contributed by atoms with E-state index in [0.717, 1.165) is 23.2 Å². The van der Waals surface area contributed by atoms with E-state index in [9.17, 15) is 0 Å². The maximum absolute atomic E-state index is 5.59. The largest absolute Gasteiger partial charge is 0.496 e. The molecule has 1 atom stereocenters. The molecule has 1 rings (SSSR count). The molecule has 3 heteroatoms. The van der Waals surface area contributed by atoms with Crippen LogP contribution in [0.3, 0.4) is 0 Å². The lowest BCUT2D eigenvalue weighted by Crippen LogP contribution is -2.22. The third-order valence-electron chi connectivity index (χ3n) is 3.62. The summed E-state index contributed by atoms with van der Waals surface area (Å²) in [7, 11) is 1.76. The molecular formula is C17H28BrNO. The summed E-state index contributed by atoms with van der Waals surface area (Å²) in [6.45, 7) is 7.60. The second-order valence-electron chi connectivity index (χ2n) is 5.35. The van der Waals surface area contributed by atoms with Crippen LogP contribution in [0.2, 0.25) is 0 Å². The molecule has 1 N–H and O–H groups in total. The Morgan fingerprint density at radius 3 is 2.55 bits per heavy atom. The Labute approximate surface area is 132 Å². The van der Waals surface area contributed by atoms with Crippen LogP contribution >= 0.6 is 15.9 Å². The van der Waals surface area contributed by atoms with E-state index in [-0.39, 0.29) is 0 Å². The normalized spacial score (nSPS) is 12.4. The molecule has 1 unspecified atom stereocenters. The third kappa shape index (κ3) is 5.10. The fourth-order valence-corrected chi connectivity index (χ4v) is 2.77. The molecule has 1 aromatic carbocycles. The smallest absolute Gasteiger partial charge is 0.123 e. The lowest BCUT2D eigenvalue weighted by atomic mass is 9.98. The topological polar surface area (TPSA) is 21.3 Å². The second-order valence-corrected chi connectivity index (χ2v) is 6.20. The maximum atomic E-state index is 5.59. The molecule has 0 spiro atoms. The molecule has 0 bridgehead atoms. The molecule has 0 aliphatic carbocycles. The van der Waals surface area contributed by atoms with E-state index in [1.54, 1.807) is 7.11 Å². The highest BCUT2D eigenvalue weighted by Crippen LogP contribution is 2.33. The summed E-state index contributed by atoms with van der Waals surface area (Å²) < 4.78 is 6.75. The first-order valence-corrected chi connectivity index (χ1v) is 8.50. The van der Waals surface area contributed by atoms with Gasteiger partial charge in [0.15, 0.2) is 0 Å². The molecule has 1 aromatic rings. The van der Waals surface area contributed by atoms with Crippen molar-refractivity contribution in [2.24, 2.45) is 0 Å². The number of hydrogen-bond donors (Lipinski definition) is 1. The number of aryl methyl sites for hydroxylation is 1. The molecule has 0 heterocycles. The average molecular weight is 342 g/mol. The van der Waals surface area contributed by atoms with Gasteiger partial charge in [0, 0.05) is 16.1 Å². The number of benzene rings is 1. The van der Waals surface area contributed by atoms with Gasteiger partial charge in [0.05, 0.1) is 7.11 Å². The number of rotatable bonds is 9. The third-order valence-corrected chi connectivity index (χ3v) is 4.48. The van der Waals surface area contributed by atoms with Gasteiger partial charge in [0.25, 0.3) is 0 Å². The Morgan fingerprint density at radius 1 is 1.20 bits per heavy atom. The molecule has 0 aliphatic rings. The summed E-state index contributed by atoms with van der Waals surface area (Å²) in [6.07, 6.45) is 6.13. The number of unbranched alkanes of at least 4 members (excludes halogenated alkanes) is 2. The lowest BCUT2D eigenvalue weighted by molar-refractivity contribution is 0.391. The Morgan fingerprint density at radius 2 is 1.95 bits per heavy atom. The first kappa shape index (κ1) is 17.5. The summed E-state index contributed by atoms with van der Waals surface area (Å²) in [5.41, 5.74) is 2.49. The van der Waals surface area contributed by atoms with Gasteiger partial charge < -0.3 is 10.1 Å². The number of hydrogen-bond acceptors (Lipinski definition) is 2. The first-order chi connectivity index (χ1) is 9.63. The molecule has 114 valence electrons. The fourth-order valence-electron chi connectivity index (χ4n) is 2.40. The zero-order valence-corrected chi connectivity index (χ0v) is 14.8. The van der Waals surface area contributed by atoms with Gasteiger partial charge >= 0.3 is 0 Å². The van der Waals surface area contributed by atoms with Gasteiger partial charge in [0.1, 0.15) is 5.75 Å². The highest BCUT2D eigenvalue weighted by Gasteiger charge is 2.16. The van der Waals surface area contributed by atoms with Gasteiger partial charge in [-0.25, -0.2) is 0 Å². The first-order valence-electron chi connectivity index (χ1n) is 7.71. The predicted octanol–water partition coefficient (Wildman–Crippen LogP) is 5.39. The molecule has 0 aliphatic heterocycles. The Bertz CT molecular complexity index is 406. The van der Waals surface area contributed by atoms with Gasteiger partial charge in [-0.1, -0.05) is 49.0 Å². The number of halogens is 1. The van der Waals surface area contributed by atoms with E-state index in [4.69, 9.17) is 4.74 Å². The molecule has 2 nitrogen and oxygen atoms in total. The van der Waals surface area contributed by atoms with Gasteiger partial charge in [-0.05, 0) is 44.0 Å². The van der Waals surface area contributed by atoms with Crippen molar-refractivity contribution in [1.29, 1.82) is 0 Å². The second kappa shape index (κ2) is 9.41. The van der Waals surface area contributed by atoms with Crippen LogP contribution in [0, 0.1) is 6.92 Å². The van der Waals surface area contributed by atoms with Gasteiger partial charge in [-0.15, -0.1) is 0 Å². The summed E-state index contributed by atoms with van der Waals surface area (Å²) in [6, 6.07) is 4.72. The quantitative estimate of drug-likeness (QED) is 0.608. The molecule has 0 fully saturated rings. The minimum atomic E-state index is 0.383. The highest BCUT2D eigenvalue weighted by atomic mass is 79.9. The van der Waals surface area contributed by atoms with E-state index in [1.165, 1.54) is 36.8 Å². The Hall–Kier alpha value is -0.540. The molecule has 0 saturated heterocycles. The molecule has 0 saturated carbocycles. The molecule has 0 radical (unpaired) electrons. The van der Waals surface area contributed by atoms with Crippen molar-refractivity contribution in [3.8, 4) is 5.75 Å². The van der Waals surface area contributed by atoms with E-state index < -0.39 is 0 Å². The monoisotopic (exact) mass is 341 g/mol. The number of methoxy groups -OCH3 is 1. The zero-order valence-electron chi connectivity index (χ0n) is 13.3. The van der Waals surface area contributed by atoms with Crippen LogP contribution < -0.4 is 10.1 Å². The minimum Gasteiger partial charge on any atom is -0.496 e. The van der Waals surface area contributed by atoms with Crippen molar-refractivity contribution < 1.29 is 4.74 Å². The van der Waals surface area contributed by atoms with Gasteiger partial charge in [-0.3, -0.25) is 0 Å². The summed E-state index contributed by atoms with van der Waals surface area (Å²) >= 11 is 3.64. The van der Waals surface area contributed by atoms with E-state index in [0.29, 0.717) is 6.04 Å². The lowest BCUT2D eigenvalue weighted by Gasteiger charge is -2.22.